The molecular weight excluding hydrogens is 1760 g/mol. The van der Waals surface area contributed by atoms with Gasteiger partial charge in [-0.05, 0) is 231 Å². The Morgan fingerprint density at radius 3 is 0.404 bits per heavy atom. The summed E-state index contributed by atoms with van der Waals surface area (Å²) in [5.74, 6) is 0. The van der Waals surface area contributed by atoms with Crippen LogP contribution in [0.25, 0.3) is 28.3 Å². The number of sulfonamides is 6. The van der Waals surface area contributed by atoms with E-state index >= 15 is 0 Å². The van der Waals surface area contributed by atoms with Crippen molar-refractivity contribution in [2.45, 2.75) is 154 Å². The molecule has 0 fully saturated rings. The van der Waals surface area contributed by atoms with Crippen LogP contribution in [-0.4, -0.2) is 226 Å². The number of halogens is 4. The summed E-state index contributed by atoms with van der Waals surface area (Å²) in [7, 11) is -6.76. The second-order valence-corrected chi connectivity index (χ2v) is 40.9. The molecule has 0 unspecified atom stereocenters. The molecule has 0 amide bonds. The second kappa shape index (κ2) is 54.1. The molecule has 0 aliphatic rings. The molecule has 656 valence electrons. The molecule has 0 heterocycles. The van der Waals surface area contributed by atoms with Gasteiger partial charge in [0.05, 0.1) is 96.4 Å². The minimum Gasteiger partial charge on any atom is -0.544 e. The summed E-state index contributed by atoms with van der Waals surface area (Å²) in [4.78, 5) is 4.46. The number of alkyl halides is 4. The zero-order valence-corrected chi connectivity index (χ0v) is 81.0. The van der Waals surface area contributed by atoms with Crippen LogP contribution in [0.5, 0.6) is 0 Å². The van der Waals surface area contributed by atoms with E-state index in [0.717, 1.165) is 42.3 Å². The summed E-state index contributed by atoms with van der Waals surface area (Å²) in [6, 6.07) is 21.5. The van der Waals surface area contributed by atoms with Crippen molar-refractivity contribution in [2.24, 2.45) is 0 Å². The summed E-state index contributed by atoms with van der Waals surface area (Å²) in [5, 5.41) is 0.389. The van der Waals surface area contributed by atoms with Gasteiger partial charge in [0.2, 0.25) is 0 Å². The largest absolute Gasteiger partial charge is 3.00 e. The predicted octanol–water partition coefficient (Wildman–Crippen LogP) is 12.7. The number of rotatable bonds is 30. The number of hydrogen-bond acceptors (Lipinski definition) is 14. The minimum atomic E-state index is -3.96. The van der Waals surface area contributed by atoms with Gasteiger partial charge in [-0.1, -0.05) is 106 Å². The molecule has 10 N–H and O–H groups in total. The van der Waals surface area contributed by atoms with Crippen LogP contribution >= 0.6 is 46.4 Å². The maximum Gasteiger partial charge on any atom is 3.00 e. The fourth-order valence-electron chi connectivity index (χ4n) is 12.3. The van der Waals surface area contributed by atoms with Gasteiger partial charge in [0, 0.05) is 0 Å². The molecule has 0 spiro atoms. The minimum absolute atomic E-state index is 0. The van der Waals surface area contributed by atoms with Crippen molar-refractivity contribution in [3.63, 3.8) is 0 Å². The molecule has 0 aliphatic carbocycles. The zero-order chi connectivity index (χ0) is 83.6. The molecule has 0 radical (unpaired) electrons. The molecule has 0 atom stereocenters. The fraction of sp³-hybridized carbons (Fsp3) is 0.526. The van der Waals surface area contributed by atoms with Gasteiger partial charge < -0.3 is 69.0 Å². The number of benzene rings is 6. The standard InChI is InChI=1S/2C33H45N4O6S3.2C4H12N.2CH2Cl2.2Co.4H2O/c2*1-22-16-25(4)31(26(5)17-22)44(38,39)34-10-13-37(14-11-35-45(40,41)32-27(6)18-23(2)19-28(32)7)15-12-36-46(42,43)33-29(8)20-24(3)21-30(33)9;2*1-5(2,3)4;2*2-1-3;;;;;;/h2*16-21H,10-15H2,1-9H3;2*1-4H3;2*1H2;;;4*1H2/q2*-3;2*+1;;;2*+3;;;;/p+2. The first-order chi connectivity index (χ1) is 49.3. The Hall–Kier alpha value is -3.37. The predicted molar refractivity (Wildman–Crippen MR) is 467 cm³/mol. The van der Waals surface area contributed by atoms with E-state index in [4.69, 9.17) is 46.4 Å². The molecule has 26 nitrogen and oxygen atoms in total. The Balaban J connectivity index is -0.000000411. The van der Waals surface area contributed by atoms with Gasteiger partial charge in [-0.25, -0.2) is 50.5 Å². The van der Waals surface area contributed by atoms with Crippen LogP contribution in [0.15, 0.2) is 102 Å². The quantitative estimate of drug-likeness (QED) is 0.0230. The summed E-state index contributed by atoms with van der Waals surface area (Å²) >= 11 is 19.1. The van der Waals surface area contributed by atoms with E-state index in [1.54, 1.807) is 166 Å². The molecule has 114 heavy (non-hydrogen) atoms. The van der Waals surface area contributed by atoms with Gasteiger partial charge in [-0.2, -0.15) is 0 Å². The van der Waals surface area contributed by atoms with Crippen LogP contribution in [0, 0.1) is 125 Å². The normalized spacial score (nSPS) is 11.6. The Morgan fingerprint density at radius 1 is 0.246 bits per heavy atom. The molecule has 6 rings (SSSR count). The average Bonchev–Trinajstić information content (AvgIpc) is 0.840. The van der Waals surface area contributed by atoms with Crippen LogP contribution in [-0.2, 0) is 105 Å². The van der Waals surface area contributed by atoms with Crippen LogP contribution in [0.2, 0.25) is 0 Å². The summed E-state index contributed by atoms with van der Waals surface area (Å²) in [5.41, 5.74) is 13.0. The van der Waals surface area contributed by atoms with E-state index in [9.17, 15) is 50.5 Å². The second-order valence-electron chi connectivity index (χ2n) is 29.6. The van der Waals surface area contributed by atoms with Gasteiger partial charge in [-0.3, -0.25) is 0 Å². The molecule has 6 aromatic rings. The molecule has 38 heteroatoms. The van der Waals surface area contributed by atoms with Crippen molar-refractivity contribution in [3.05, 3.63) is 201 Å². The zero-order valence-electron chi connectivity index (χ0n) is 71.0. The van der Waals surface area contributed by atoms with E-state index in [1.807, 2.05) is 41.5 Å². The number of aryl methyl sites for hydroxylation is 18. The van der Waals surface area contributed by atoms with Gasteiger partial charge in [0.1, 0.15) is 60.1 Å². The van der Waals surface area contributed by atoms with E-state index in [2.05, 4.69) is 84.7 Å². The van der Waals surface area contributed by atoms with E-state index in [1.165, 1.54) is 0 Å². The molecular formula is C76H128Cl4Co2N10O16S6+4. The van der Waals surface area contributed by atoms with Crippen molar-refractivity contribution in [3.8, 4) is 0 Å². The third-order valence-corrected chi connectivity index (χ3v) is 25.3. The molecule has 0 saturated carbocycles. The van der Waals surface area contributed by atoms with Crippen molar-refractivity contribution in [2.75, 3.05) is 146 Å². The molecule has 0 saturated heterocycles. The van der Waals surface area contributed by atoms with Crippen LogP contribution in [0.4, 0.5) is 0 Å². The van der Waals surface area contributed by atoms with Crippen molar-refractivity contribution in [1.29, 1.82) is 0 Å². The Labute approximate surface area is 725 Å². The first-order valence-electron chi connectivity index (χ1n) is 34.7. The Kier molecular flexibility index (Phi) is 57.6. The average molecular weight is 1890 g/mol. The van der Waals surface area contributed by atoms with Crippen LogP contribution in [0.3, 0.4) is 0 Å². The molecule has 0 bridgehead atoms. The fourth-order valence-corrected chi connectivity index (χ4v) is 20.6. The van der Waals surface area contributed by atoms with Gasteiger partial charge >= 0.3 is 33.6 Å². The van der Waals surface area contributed by atoms with E-state index in [0.29, 0.717) is 66.8 Å². The topological polar surface area (TPSA) is 425 Å². The smallest absolute Gasteiger partial charge is 0.544 e. The van der Waals surface area contributed by atoms with E-state index in [-0.39, 0.29) is 174 Å². The van der Waals surface area contributed by atoms with Gasteiger partial charge in [0.25, 0.3) is 0 Å². The summed E-state index contributed by atoms with van der Waals surface area (Å²) < 4.78 is 184. The van der Waals surface area contributed by atoms with Crippen molar-refractivity contribution >= 4 is 107 Å². The SMILES string of the molecule is C[N+](C)(C)C.C[N+](C)(C)C.Cc1cc(C)c(S(=O)(=O)[N-]CCN(CC[N-]S(=O)(=O)c2c(C)cc(C)cc2C)CC[N-]S(=O)(=O)c2c(C)cc(C)cc2C)c(C)c1.Cc1cc(C)c(S(=O)(=O)[N-]CCN(CC[N-]S(=O)(=O)c2c(C)cc(C)cc2C)CC[N-]S(=O)(=O)c2c(C)cc(C)cc2C)c(C)c1.ClCCl.ClCCl.O.O.[Co+3].[Co+3].[OH3+].[OH3+]. The van der Waals surface area contributed by atoms with E-state index < -0.39 is 60.1 Å². The third kappa shape index (κ3) is 43.2. The molecule has 6 aromatic carbocycles. The maximum atomic E-state index is 13.2. The first kappa shape index (κ1) is 121. The third-order valence-electron chi connectivity index (χ3n) is 15.2. The number of hydrogen-bond donors (Lipinski definition) is 0. The van der Waals surface area contributed by atoms with Gasteiger partial charge in [0.15, 0.2) is 0 Å². The Morgan fingerprint density at radius 2 is 0.325 bits per heavy atom. The van der Waals surface area contributed by atoms with Crippen molar-refractivity contribution in [1.82, 2.24) is 9.80 Å². The summed E-state index contributed by atoms with van der Waals surface area (Å²) in [6.07, 6.45) is 0. The van der Waals surface area contributed by atoms with Gasteiger partial charge in [-0.15, -0.1) is 85.7 Å². The summed E-state index contributed by atoms with van der Waals surface area (Å²) in [6.45, 7) is 32.2. The van der Waals surface area contributed by atoms with Crippen molar-refractivity contribution < 1.29 is 115 Å². The Bertz CT molecular complexity index is 3830. The number of quaternary nitrogens is 2. The molecule has 0 aliphatic heterocycles. The monoisotopic (exact) mass is 1890 g/mol. The maximum absolute atomic E-state index is 13.2. The van der Waals surface area contributed by atoms with Crippen LogP contribution < -0.4 is 0 Å². The van der Waals surface area contributed by atoms with Crippen LogP contribution in [0.1, 0.15) is 100 Å². The number of nitrogens with zero attached hydrogens (tertiary/aromatic N) is 10. The molecule has 0 aromatic heterocycles. The first-order valence-corrected chi connectivity index (χ1v) is 45.5.